The van der Waals surface area contributed by atoms with Crippen molar-refractivity contribution < 1.29 is 19.1 Å². The first kappa shape index (κ1) is 21.7. The minimum Gasteiger partial charge on any atom is -0.462 e. The SMILES string of the molecule is CC.CCOC(=O)c1cnn2c(N(C)C(=O)OC(C)(C)C)cc(Cl)nc12. The van der Waals surface area contributed by atoms with Crippen LogP contribution in [0.15, 0.2) is 12.3 Å². The molecule has 0 aliphatic heterocycles. The number of halogens is 1. The lowest BCUT2D eigenvalue weighted by Gasteiger charge is -2.24. The average Bonchev–Trinajstić information content (AvgIpc) is 2.97. The molecule has 9 heteroatoms. The van der Waals surface area contributed by atoms with Gasteiger partial charge in [0.1, 0.15) is 22.1 Å². The third kappa shape index (κ3) is 5.08. The smallest absolute Gasteiger partial charge is 0.415 e. The van der Waals surface area contributed by atoms with E-state index >= 15 is 0 Å². The Balaban J connectivity index is 0.00000163. The molecule has 2 aromatic heterocycles. The topological polar surface area (TPSA) is 86.0 Å². The van der Waals surface area contributed by atoms with E-state index in [-0.39, 0.29) is 23.0 Å². The molecule has 8 nitrogen and oxygen atoms in total. The summed E-state index contributed by atoms with van der Waals surface area (Å²) in [6.45, 7) is 11.2. The fourth-order valence-corrected chi connectivity index (χ4v) is 2.11. The molecule has 0 aliphatic rings. The van der Waals surface area contributed by atoms with E-state index in [0.717, 1.165) is 0 Å². The molecule has 2 heterocycles. The average molecular weight is 385 g/mol. The van der Waals surface area contributed by atoms with Crippen LogP contribution in [0.25, 0.3) is 5.65 Å². The van der Waals surface area contributed by atoms with Gasteiger partial charge in [-0.25, -0.2) is 14.6 Å². The van der Waals surface area contributed by atoms with Gasteiger partial charge in [0, 0.05) is 13.1 Å². The van der Waals surface area contributed by atoms with Gasteiger partial charge in [-0.3, -0.25) is 4.90 Å². The van der Waals surface area contributed by atoms with E-state index < -0.39 is 17.7 Å². The summed E-state index contributed by atoms with van der Waals surface area (Å²) in [5, 5.41) is 4.22. The number of nitrogens with zero attached hydrogens (tertiary/aromatic N) is 4. The maximum absolute atomic E-state index is 12.3. The van der Waals surface area contributed by atoms with Gasteiger partial charge >= 0.3 is 12.1 Å². The van der Waals surface area contributed by atoms with Crippen molar-refractivity contribution in [2.75, 3.05) is 18.6 Å². The molecular formula is C17H25ClN4O4. The number of ether oxygens (including phenoxy) is 2. The van der Waals surface area contributed by atoms with Crippen molar-refractivity contribution in [1.82, 2.24) is 14.6 Å². The summed E-state index contributed by atoms with van der Waals surface area (Å²) in [4.78, 5) is 29.6. The molecule has 0 N–H and O–H groups in total. The van der Waals surface area contributed by atoms with Crippen molar-refractivity contribution in [2.45, 2.75) is 47.1 Å². The zero-order chi connectivity index (χ0) is 20.1. The number of rotatable bonds is 3. The van der Waals surface area contributed by atoms with Gasteiger partial charge in [0.2, 0.25) is 0 Å². The molecule has 0 spiro atoms. The van der Waals surface area contributed by atoms with Gasteiger partial charge in [-0.15, -0.1) is 0 Å². The highest BCUT2D eigenvalue weighted by atomic mass is 35.5. The van der Waals surface area contributed by atoms with Crippen LogP contribution in [0.5, 0.6) is 0 Å². The zero-order valence-electron chi connectivity index (χ0n) is 16.2. The number of hydrogen-bond donors (Lipinski definition) is 0. The first-order chi connectivity index (χ1) is 12.1. The van der Waals surface area contributed by atoms with Crippen LogP contribution in [0.1, 0.15) is 51.9 Å². The molecule has 0 fully saturated rings. The van der Waals surface area contributed by atoms with Crippen LogP contribution in [-0.2, 0) is 9.47 Å². The number of hydrogen-bond acceptors (Lipinski definition) is 6. The van der Waals surface area contributed by atoms with E-state index in [4.69, 9.17) is 21.1 Å². The normalized spacial score (nSPS) is 10.8. The molecule has 0 aromatic carbocycles. The molecular weight excluding hydrogens is 360 g/mol. The molecule has 0 saturated heterocycles. The summed E-state index contributed by atoms with van der Waals surface area (Å²) in [6, 6.07) is 1.46. The van der Waals surface area contributed by atoms with Gasteiger partial charge in [-0.1, -0.05) is 25.4 Å². The molecule has 26 heavy (non-hydrogen) atoms. The lowest BCUT2D eigenvalue weighted by atomic mass is 10.2. The lowest BCUT2D eigenvalue weighted by molar-refractivity contribution is 0.0527. The van der Waals surface area contributed by atoms with Crippen molar-refractivity contribution in [2.24, 2.45) is 0 Å². The molecule has 0 unspecified atom stereocenters. The fourth-order valence-electron chi connectivity index (χ4n) is 1.93. The summed E-state index contributed by atoms with van der Waals surface area (Å²) in [5.74, 6) is -0.247. The van der Waals surface area contributed by atoms with Crippen molar-refractivity contribution in [3.8, 4) is 0 Å². The quantitative estimate of drug-likeness (QED) is 0.588. The van der Waals surface area contributed by atoms with Crippen LogP contribution in [0.3, 0.4) is 0 Å². The Kier molecular flexibility index (Phi) is 7.38. The van der Waals surface area contributed by atoms with E-state index in [1.54, 1.807) is 27.7 Å². The van der Waals surface area contributed by atoms with Gasteiger partial charge in [0.15, 0.2) is 5.65 Å². The molecule has 0 radical (unpaired) electrons. The second-order valence-electron chi connectivity index (χ2n) is 5.99. The third-order valence-corrected chi connectivity index (χ3v) is 3.12. The number of carbonyl (C=O) groups is 2. The van der Waals surface area contributed by atoms with Crippen LogP contribution in [0.4, 0.5) is 10.6 Å². The second kappa shape index (κ2) is 8.84. The highest BCUT2D eigenvalue weighted by Gasteiger charge is 2.25. The van der Waals surface area contributed by atoms with Crippen LogP contribution in [0.2, 0.25) is 5.15 Å². The molecule has 2 rings (SSSR count). The second-order valence-corrected chi connectivity index (χ2v) is 6.38. The maximum Gasteiger partial charge on any atom is 0.415 e. The first-order valence-electron chi connectivity index (χ1n) is 8.32. The molecule has 0 bridgehead atoms. The van der Waals surface area contributed by atoms with E-state index in [0.29, 0.717) is 5.82 Å². The minimum absolute atomic E-state index is 0.110. The predicted molar refractivity (Wildman–Crippen MR) is 99.9 cm³/mol. The Labute approximate surface area is 158 Å². The van der Waals surface area contributed by atoms with Gasteiger partial charge in [-0.2, -0.15) is 9.61 Å². The van der Waals surface area contributed by atoms with Crippen LogP contribution in [0, 0.1) is 0 Å². The van der Waals surface area contributed by atoms with E-state index in [2.05, 4.69) is 10.1 Å². The Morgan fingerprint density at radius 1 is 1.31 bits per heavy atom. The summed E-state index contributed by atoms with van der Waals surface area (Å²) in [6.07, 6.45) is 0.738. The van der Waals surface area contributed by atoms with Gasteiger partial charge in [0.25, 0.3) is 0 Å². The van der Waals surface area contributed by atoms with E-state index in [1.165, 1.54) is 28.7 Å². The monoisotopic (exact) mass is 384 g/mol. The number of fused-ring (bicyclic) bond motifs is 1. The van der Waals surface area contributed by atoms with Gasteiger partial charge < -0.3 is 9.47 Å². The first-order valence-corrected chi connectivity index (χ1v) is 8.70. The lowest BCUT2D eigenvalue weighted by Crippen LogP contribution is -2.35. The standard InChI is InChI=1S/C15H19ClN4O4.C2H6/c1-6-23-13(21)9-8-17-20-11(7-10(16)18-12(9)20)19(5)14(22)24-15(2,3)4;1-2/h7-8H,6H2,1-5H3;1-2H3. The predicted octanol–water partition coefficient (Wildman–Crippen LogP) is 3.96. The van der Waals surface area contributed by atoms with Crippen molar-refractivity contribution in [3.63, 3.8) is 0 Å². The number of carbonyl (C=O) groups excluding carboxylic acids is 2. The summed E-state index contributed by atoms with van der Waals surface area (Å²) in [5.41, 5.74) is -0.286. The number of esters is 1. The highest BCUT2D eigenvalue weighted by molar-refractivity contribution is 6.30. The molecule has 2 aromatic rings. The fraction of sp³-hybridized carbons (Fsp3) is 0.529. The van der Waals surface area contributed by atoms with Crippen LogP contribution >= 0.6 is 11.6 Å². The number of anilines is 1. The van der Waals surface area contributed by atoms with Crippen molar-refractivity contribution >= 4 is 35.1 Å². The molecule has 0 saturated carbocycles. The third-order valence-electron chi connectivity index (χ3n) is 2.93. The number of aromatic nitrogens is 3. The highest BCUT2D eigenvalue weighted by Crippen LogP contribution is 2.23. The van der Waals surface area contributed by atoms with Crippen LogP contribution in [-0.4, -0.2) is 45.9 Å². The van der Waals surface area contributed by atoms with Crippen molar-refractivity contribution in [1.29, 1.82) is 0 Å². The molecule has 144 valence electrons. The maximum atomic E-state index is 12.3. The van der Waals surface area contributed by atoms with Crippen LogP contribution < -0.4 is 4.90 Å². The largest absolute Gasteiger partial charge is 0.462 e. The van der Waals surface area contributed by atoms with Crippen molar-refractivity contribution in [3.05, 3.63) is 23.0 Å². The molecule has 0 aliphatic carbocycles. The Morgan fingerprint density at radius 2 is 1.92 bits per heavy atom. The van der Waals surface area contributed by atoms with Gasteiger partial charge in [0.05, 0.1) is 12.8 Å². The summed E-state index contributed by atoms with van der Waals surface area (Å²) < 4.78 is 11.6. The zero-order valence-corrected chi connectivity index (χ0v) is 16.9. The Bertz CT molecular complexity index is 783. The number of amides is 1. The molecule has 1 amide bonds. The van der Waals surface area contributed by atoms with E-state index in [1.807, 2.05) is 13.8 Å². The summed E-state index contributed by atoms with van der Waals surface area (Å²) >= 11 is 6.03. The summed E-state index contributed by atoms with van der Waals surface area (Å²) in [7, 11) is 1.52. The molecule has 0 atom stereocenters. The minimum atomic E-state index is -0.651. The Hall–Kier alpha value is -2.35. The van der Waals surface area contributed by atoms with Gasteiger partial charge in [-0.05, 0) is 27.7 Å². The Morgan fingerprint density at radius 3 is 2.46 bits per heavy atom. The van der Waals surface area contributed by atoms with E-state index in [9.17, 15) is 9.59 Å².